The average molecular weight is 381 g/mol. The van der Waals surface area contributed by atoms with E-state index in [1.165, 1.54) is 12.1 Å². The van der Waals surface area contributed by atoms with Crippen LogP contribution in [0, 0.1) is 0 Å². The molecule has 0 aromatic heterocycles. The summed E-state index contributed by atoms with van der Waals surface area (Å²) in [6, 6.07) is 12.1. The number of amides is 1. The zero-order valence-corrected chi connectivity index (χ0v) is 14.5. The van der Waals surface area contributed by atoms with Gasteiger partial charge in [0.15, 0.2) is 17.6 Å². The van der Waals surface area contributed by atoms with Gasteiger partial charge in [-0.2, -0.15) is 0 Å². The summed E-state index contributed by atoms with van der Waals surface area (Å²) in [5, 5.41) is 0. The highest BCUT2D eigenvalue weighted by Crippen LogP contribution is 2.31. The molecule has 1 aliphatic heterocycles. The van der Waals surface area contributed by atoms with Crippen molar-refractivity contribution in [1.29, 1.82) is 0 Å². The molecule has 144 valence electrons. The smallest absolute Gasteiger partial charge is 0.486 e. The summed E-state index contributed by atoms with van der Waals surface area (Å²) in [5.74, 6) is 0.593. The summed E-state index contributed by atoms with van der Waals surface area (Å²) in [6.07, 6.45) is -5.10. The lowest BCUT2D eigenvalue weighted by molar-refractivity contribution is -0.274. The molecule has 0 aliphatic carbocycles. The van der Waals surface area contributed by atoms with Crippen molar-refractivity contribution < 1.29 is 32.2 Å². The summed E-state index contributed by atoms with van der Waals surface area (Å²) in [4.78, 5) is 14.2. The topological polar surface area (TPSA) is 48.0 Å². The zero-order chi connectivity index (χ0) is 19.4. The van der Waals surface area contributed by atoms with E-state index in [1.54, 1.807) is 17.0 Å². The van der Waals surface area contributed by atoms with Gasteiger partial charge >= 0.3 is 6.36 Å². The van der Waals surface area contributed by atoms with Gasteiger partial charge in [-0.05, 0) is 43.3 Å². The lowest BCUT2D eigenvalue weighted by Crippen LogP contribution is -2.43. The van der Waals surface area contributed by atoms with E-state index in [0.717, 1.165) is 12.1 Å². The van der Waals surface area contributed by atoms with Gasteiger partial charge in [-0.15, -0.1) is 13.2 Å². The van der Waals surface area contributed by atoms with Gasteiger partial charge in [-0.1, -0.05) is 12.1 Å². The van der Waals surface area contributed by atoms with Crippen molar-refractivity contribution in [2.75, 3.05) is 19.7 Å². The molecule has 0 spiro atoms. The molecule has 0 saturated carbocycles. The Morgan fingerprint density at radius 3 is 2.44 bits per heavy atom. The van der Waals surface area contributed by atoms with E-state index in [4.69, 9.17) is 9.47 Å². The monoisotopic (exact) mass is 381 g/mol. The molecule has 0 bridgehead atoms. The standard InChI is InChI=1S/C19H18F3NO4/c1-2-23(11-15-12-25-16-5-3-4-6-17(16)26-15)18(24)13-7-9-14(10-8-13)27-19(20,21)22/h3-10,15H,2,11-12H2,1H3. The molecule has 1 aliphatic rings. The number of hydrogen-bond donors (Lipinski definition) is 0. The summed E-state index contributed by atoms with van der Waals surface area (Å²) in [5.41, 5.74) is 0.267. The molecule has 0 fully saturated rings. The van der Waals surface area contributed by atoms with Crippen molar-refractivity contribution in [1.82, 2.24) is 4.90 Å². The van der Waals surface area contributed by atoms with Crippen LogP contribution in [0.2, 0.25) is 0 Å². The van der Waals surface area contributed by atoms with Crippen LogP contribution in [0.15, 0.2) is 48.5 Å². The second-order valence-electron chi connectivity index (χ2n) is 5.91. The predicted molar refractivity (Wildman–Crippen MR) is 91.1 cm³/mol. The van der Waals surface area contributed by atoms with Gasteiger partial charge in [0.25, 0.3) is 5.91 Å². The Labute approximate surface area is 154 Å². The fourth-order valence-corrected chi connectivity index (χ4v) is 2.74. The normalized spacial score (nSPS) is 15.9. The second-order valence-corrected chi connectivity index (χ2v) is 5.91. The van der Waals surface area contributed by atoms with Crippen molar-refractivity contribution >= 4 is 5.91 Å². The van der Waals surface area contributed by atoms with Gasteiger partial charge in [-0.25, -0.2) is 0 Å². The molecule has 1 unspecified atom stereocenters. The number of likely N-dealkylation sites (N-methyl/N-ethyl adjacent to an activating group) is 1. The maximum Gasteiger partial charge on any atom is 0.573 e. The first-order chi connectivity index (χ1) is 12.9. The van der Waals surface area contributed by atoms with Crippen LogP contribution in [0.1, 0.15) is 17.3 Å². The minimum absolute atomic E-state index is 0.267. The van der Waals surface area contributed by atoms with Crippen LogP contribution in [0.3, 0.4) is 0 Å². The van der Waals surface area contributed by atoms with Crippen molar-refractivity contribution in [3.63, 3.8) is 0 Å². The zero-order valence-electron chi connectivity index (χ0n) is 14.5. The van der Waals surface area contributed by atoms with Crippen LogP contribution in [0.5, 0.6) is 17.2 Å². The largest absolute Gasteiger partial charge is 0.573 e. The van der Waals surface area contributed by atoms with Gasteiger partial charge in [0, 0.05) is 12.1 Å². The molecular weight excluding hydrogens is 363 g/mol. The van der Waals surface area contributed by atoms with Gasteiger partial charge in [0.2, 0.25) is 0 Å². The summed E-state index contributed by atoms with van der Waals surface area (Å²) >= 11 is 0. The number of para-hydroxylation sites is 2. The second kappa shape index (κ2) is 7.77. The van der Waals surface area contributed by atoms with Gasteiger partial charge in [0.1, 0.15) is 12.4 Å². The molecule has 5 nitrogen and oxygen atoms in total. The Bertz CT molecular complexity index is 792. The fraction of sp³-hybridized carbons (Fsp3) is 0.316. The number of halogens is 3. The molecule has 0 N–H and O–H groups in total. The van der Waals surface area contributed by atoms with Crippen molar-refractivity contribution in [3.8, 4) is 17.2 Å². The first kappa shape index (κ1) is 18.9. The van der Waals surface area contributed by atoms with Crippen LogP contribution < -0.4 is 14.2 Å². The lowest BCUT2D eigenvalue weighted by Gasteiger charge is -2.31. The SMILES string of the molecule is CCN(CC1COc2ccccc2O1)C(=O)c1ccc(OC(F)(F)F)cc1. The van der Waals surface area contributed by atoms with Crippen LogP contribution in [0.25, 0.3) is 0 Å². The Hall–Kier alpha value is -2.90. The number of hydrogen-bond acceptors (Lipinski definition) is 4. The van der Waals surface area contributed by atoms with Gasteiger partial charge in [0.05, 0.1) is 6.54 Å². The number of alkyl halides is 3. The summed E-state index contributed by atoms with van der Waals surface area (Å²) in [7, 11) is 0. The number of ether oxygens (including phenoxy) is 3. The predicted octanol–water partition coefficient (Wildman–Crippen LogP) is 3.89. The third-order valence-corrected chi connectivity index (χ3v) is 4.00. The molecule has 3 rings (SSSR count). The molecule has 27 heavy (non-hydrogen) atoms. The minimum atomic E-state index is -4.77. The maximum atomic E-state index is 12.7. The van der Waals surface area contributed by atoms with Gasteiger partial charge in [-0.3, -0.25) is 4.79 Å². The first-order valence-electron chi connectivity index (χ1n) is 8.39. The van der Waals surface area contributed by atoms with Crippen molar-refractivity contribution in [3.05, 3.63) is 54.1 Å². The van der Waals surface area contributed by atoms with E-state index >= 15 is 0 Å². The van der Waals surface area contributed by atoms with Crippen molar-refractivity contribution in [2.24, 2.45) is 0 Å². The number of nitrogens with zero attached hydrogens (tertiary/aromatic N) is 1. The number of carbonyl (C=O) groups is 1. The summed E-state index contributed by atoms with van der Waals surface area (Å²) in [6.45, 7) is 2.83. The Morgan fingerprint density at radius 2 is 1.81 bits per heavy atom. The number of rotatable bonds is 5. The highest BCUT2D eigenvalue weighted by Gasteiger charge is 2.31. The number of carbonyl (C=O) groups excluding carboxylic acids is 1. The molecule has 8 heteroatoms. The first-order valence-corrected chi connectivity index (χ1v) is 8.39. The van der Waals surface area contributed by atoms with Gasteiger partial charge < -0.3 is 19.1 Å². The van der Waals surface area contributed by atoms with Crippen LogP contribution in [-0.4, -0.2) is 43.0 Å². The van der Waals surface area contributed by atoms with E-state index < -0.39 is 6.36 Å². The third-order valence-electron chi connectivity index (χ3n) is 4.00. The van der Waals surface area contributed by atoms with E-state index in [0.29, 0.717) is 31.2 Å². The minimum Gasteiger partial charge on any atom is -0.486 e. The van der Waals surface area contributed by atoms with E-state index in [1.807, 2.05) is 19.1 Å². The van der Waals surface area contributed by atoms with Crippen LogP contribution in [0.4, 0.5) is 13.2 Å². The Morgan fingerprint density at radius 1 is 1.15 bits per heavy atom. The summed E-state index contributed by atoms with van der Waals surface area (Å²) < 4.78 is 52.0. The highest BCUT2D eigenvalue weighted by atomic mass is 19.4. The molecule has 0 radical (unpaired) electrons. The van der Waals surface area contributed by atoms with Crippen LogP contribution in [-0.2, 0) is 0 Å². The lowest BCUT2D eigenvalue weighted by atomic mass is 10.1. The molecule has 1 atom stereocenters. The van der Waals surface area contributed by atoms with E-state index in [2.05, 4.69) is 4.74 Å². The van der Waals surface area contributed by atoms with Crippen molar-refractivity contribution in [2.45, 2.75) is 19.4 Å². The highest BCUT2D eigenvalue weighted by molar-refractivity contribution is 5.94. The number of benzene rings is 2. The molecule has 1 amide bonds. The molecule has 2 aromatic carbocycles. The third kappa shape index (κ3) is 4.84. The van der Waals surface area contributed by atoms with E-state index in [9.17, 15) is 18.0 Å². The quantitative estimate of drug-likeness (QED) is 0.789. The Balaban J connectivity index is 1.64. The Kier molecular flexibility index (Phi) is 5.43. The molecule has 1 heterocycles. The average Bonchev–Trinajstić information content (AvgIpc) is 2.65. The fourth-order valence-electron chi connectivity index (χ4n) is 2.74. The molecule has 0 saturated heterocycles. The molecular formula is C19H18F3NO4. The van der Waals surface area contributed by atoms with Crippen LogP contribution >= 0.6 is 0 Å². The molecule has 2 aromatic rings. The maximum absolute atomic E-state index is 12.7. The number of fused-ring (bicyclic) bond motifs is 1. The van der Waals surface area contributed by atoms with E-state index in [-0.39, 0.29) is 23.3 Å².